The normalized spacial score (nSPS) is 12.9. The van der Waals surface area contributed by atoms with Crippen molar-refractivity contribution in [3.63, 3.8) is 0 Å². The monoisotopic (exact) mass is 503 g/mol. The minimum absolute atomic E-state index is 0.0278. The number of hydrogen-bond donors (Lipinski definition) is 3. The Balaban J connectivity index is 1.92. The molecule has 0 fully saturated rings. The summed E-state index contributed by atoms with van der Waals surface area (Å²) in [6.45, 7) is 3.64. The fourth-order valence-corrected chi connectivity index (χ4v) is 3.42. The summed E-state index contributed by atoms with van der Waals surface area (Å²) in [5.74, 6) is -1.74. The van der Waals surface area contributed by atoms with E-state index in [0.717, 1.165) is 12.1 Å². The van der Waals surface area contributed by atoms with Crippen LogP contribution in [0.4, 0.5) is 26.3 Å². The van der Waals surface area contributed by atoms with Gasteiger partial charge in [0.2, 0.25) is 0 Å². The number of fused-ring (bicyclic) bond motifs is 1. The molecule has 34 heavy (non-hydrogen) atoms. The molecule has 0 spiro atoms. The molecule has 0 radical (unpaired) electrons. The number of rotatable bonds is 6. The van der Waals surface area contributed by atoms with Crippen LogP contribution >= 0.6 is 11.6 Å². The third-order valence-corrected chi connectivity index (χ3v) is 5.07. The maximum absolute atomic E-state index is 13.6. The number of benzene rings is 2. The Hall–Kier alpha value is -3.47. The van der Waals surface area contributed by atoms with Gasteiger partial charge in [-0.2, -0.15) is 26.3 Å². The summed E-state index contributed by atoms with van der Waals surface area (Å²) in [5, 5.41) is 4.58. The molecule has 1 unspecified atom stereocenters. The number of hydrogen-bond acceptors (Lipinski definition) is 2. The number of halogens is 7. The van der Waals surface area contributed by atoms with E-state index in [1.165, 1.54) is 24.3 Å². The number of nitrogens with one attached hydrogen (secondary N) is 3. The van der Waals surface area contributed by atoms with Gasteiger partial charge in [0.1, 0.15) is 5.69 Å². The van der Waals surface area contributed by atoms with Gasteiger partial charge in [-0.15, -0.1) is 6.58 Å². The summed E-state index contributed by atoms with van der Waals surface area (Å²) in [6, 6.07) is 3.80. The summed E-state index contributed by atoms with van der Waals surface area (Å²) < 4.78 is 79.7. The summed E-state index contributed by atoms with van der Waals surface area (Å²) in [6.07, 6.45) is -8.49. The highest BCUT2D eigenvalue weighted by atomic mass is 35.5. The van der Waals surface area contributed by atoms with Crippen LogP contribution in [-0.2, 0) is 6.18 Å². The zero-order valence-electron chi connectivity index (χ0n) is 17.1. The highest BCUT2D eigenvalue weighted by molar-refractivity contribution is 6.34. The molecule has 0 aliphatic heterocycles. The first kappa shape index (κ1) is 25.2. The lowest BCUT2D eigenvalue weighted by atomic mass is 10.0. The van der Waals surface area contributed by atoms with Gasteiger partial charge >= 0.3 is 12.4 Å². The molecule has 0 aliphatic carbocycles. The topological polar surface area (TPSA) is 74.0 Å². The van der Waals surface area contributed by atoms with Crippen molar-refractivity contribution in [2.45, 2.75) is 18.4 Å². The van der Waals surface area contributed by atoms with E-state index in [4.69, 9.17) is 11.6 Å². The molecule has 2 amide bonds. The Morgan fingerprint density at radius 3 is 2.38 bits per heavy atom. The van der Waals surface area contributed by atoms with Crippen LogP contribution < -0.4 is 10.6 Å². The van der Waals surface area contributed by atoms with Crippen molar-refractivity contribution in [3.05, 3.63) is 82.5 Å². The number of carbonyl (C=O) groups excluding carboxylic acids is 2. The molecule has 5 nitrogen and oxygen atoms in total. The number of alkyl halides is 6. The van der Waals surface area contributed by atoms with E-state index in [2.05, 4.69) is 16.9 Å². The molecule has 1 atom stereocenters. The van der Waals surface area contributed by atoms with Gasteiger partial charge in [-0.1, -0.05) is 29.8 Å². The van der Waals surface area contributed by atoms with E-state index in [1.54, 1.807) is 5.32 Å². The molecule has 180 valence electrons. The van der Waals surface area contributed by atoms with E-state index >= 15 is 0 Å². The average Bonchev–Trinajstić information content (AvgIpc) is 3.16. The lowest BCUT2D eigenvalue weighted by Crippen LogP contribution is -2.38. The fraction of sp³-hybridized carbons (Fsp3) is 0.182. The van der Waals surface area contributed by atoms with Gasteiger partial charge in [0.05, 0.1) is 16.1 Å². The van der Waals surface area contributed by atoms with E-state index in [0.29, 0.717) is 17.5 Å². The van der Waals surface area contributed by atoms with Gasteiger partial charge in [-0.3, -0.25) is 9.59 Å². The van der Waals surface area contributed by atoms with Crippen LogP contribution in [0, 0.1) is 0 Å². The Kier molecular flexibility index (Phi) is 6.97. The summed E-state index contributed by atoms with van der Waals surface area (Å²) in [7, 11) is 0. The molecule has 1 heterocycles. The predicted octanol–water partition coefficient (Wildman–Crippen LogP) is 5.79. The van der Waals surface area contributed by atoms with Crippen LogP contribution in [0.1, 0.15) is 38.0 Å². The number of aromatic nitrogens is 1. The second-order valence-electron chi connectivity index (χ2n) is 7.17. The zero-order valence-corrected chi connectivity index (χ0v) is 17.8. The molecule has 3 N–H and O–H groups in total. The van der Waals surface area contributed by atoms with Crippen molar-refractivity contribution in [2.75, 3.05) is 6.54 Å². The molecule has 0 bridgehead atoms. The lowest BCUT2D eigenvalue weighted by molar-refractivity contribution is -0.156. The Bertz CT molecular complexity index is 1250. The second-order valence-corrected chi connectivity index (χ2v) is 7.58. The van der Waals surface area contributed by atoms with Crippen LogP contribution in [0.2, 0.25) is 5.02 Å². The molecule has 0 saturated heterocycles. The van der Waals surface area contributed by atoms with Crippen molar-refractivity contribution in [1.29, 1.82) is 0 Å². The van der Waals surface area contributed by atoms with Crippen LogP contribution in [0.25, 0.3) is 10.9 Å². The van der Waals surface area contributed by atoms with Gasteiger partial charge in [0.15, 0.2) is 6.04 Å². The van der Waals surface area contributed by atoms with Crippen LogP contribution in [0.3, 0.4) is 0 Å². The van der Waals surface area contributed by atoms with E-state index in [1.807, 2.05) is 0 Å². The first-order valence-corrected chi connectivity index (χ1v) is 9.95. The zero-order chi connectivity index (χ0) is 25.3. The molecule has 3 aromatic rings. The molecule has 0 saturated carbocycles. The minimum Gasteiger partial charge on any atom is -0.350 e. The standard InChI is InChI=1S/C22H16ClF6N3O2/c1-2-6-30-19(33)14-8-12-9-17(31-16(12)10-15(14)23)20(34)32-18(22(27,28)29)11-4-3-5-13(7-11)21(24,25)26/h2-5,7-10,18,31H,1,6H2,(H,30,33)(H,32,34). The quantitative estimate of drug-likeness (QED) is 0.294. The van der Waals surface area contributed by atoms with E-state index in [9.17, 15) is 35.9 Å². The van der Waals surface area contributed by atoms with E-state index in [-0.39, 0.29) is 28.3 Å². The van der Waals surface area contributed by atoms with Crippen LogP contribution in [-0.4, -0.2) is 29.5 Å². The predicted molar refractivity (Wildman–Crippen MR) is 114 cm³/mol. The summed E-state index contributed by atoms with van der Waals surface area (Å²) >= 11 is 6.09. The van der Waals surface area contributed by atoms with Crippen molar-refractivity contribution >= 4 is 34.3 Å². The number of carbonyl (C=O) groups is 2. The highest BCUT2D eigenvalue weighted by Gasteiger charge is 2.43. The van der Waals surface area contributed by atoms with Crippen molar-refractivity contribution in [2.24, 2.45) is 0 Å². The molecule has 2 aromatic carbocycles. The minimum atomic E-state index is -5.08. The lowest BCUT2D eigenvalue weighted by Gasteiger charge is -2.22. The highest BCUT2D eigenvalue weighted by Crippen LogP contribution is 2.36. The van der Waals surface area contributed by atoms with Crippen LogP contribution in [0.5, 0.6) is 0 Å². The number of H-pyrrole nitrogens is 1. The van der Waals surface area contributed by atoms with Gasteiger partial charge in [-0.25, -0.2) is 0 Å². The van der Waals surface area contributed by atoms with Crippen molar-refractivity contribution in [1.82, 2.24) is 15.6 Å². The Labute approximate surface area is 193 Å². The maximum atomic E-state index is 13.6. The third-order valence-electron chi connectivity index (χ3n) is 4.75. The molecule has 12 heteroatoms. The molecule has 1 aromatic heterocycles. The van der Waals surface area contributed by atoms with Crippen molar-refractivity contribution in [3.8, 4) is 0 Å². The summed E-state index contributed by atoms with van der Waals surface area (Å²) in [5.41, 5.74) is -2.04. The number of amides is 2. The van der Waals surface area contributed by atoms with Gasteiger partial charge in [-0.05, 0) is 35.9 Å². The van der Waals surface area contributed by atoms with E-state index < -0.39 is 41.3 Å². The molecular formula is C22H16ClF6N3O2. The Morgan fingerprint density at radius 1 is 1.06 bits per heavy atom. The van der Waals surface area contributed by atoms with Gasteiger partial charge in [0, 0.05) is 17.4 Å². The molecular weight excluding hydrogens is 488 g/mol. The molecule has 3 rings (SSSR count). The maximum Gasteiger partial charge on any atom is 0.416 e. The van der Waals surface area contributed by atoms with Crippen molar-refractivity contribution < 1.29 is 35.9 Å². The fourth-order valence-electron chi connectivity index (χ4n) is 3.17. The first-order chi connectivity index (χ1) is 15.8. The average molecular weight is 504 g/mol. The largest absolute Gasteiger partial charge is 0.416 e. The smallest absolute Gasteiger partial charge is 0.350 e. The summed E-state index contributed by atoms with van der Waals surface area (Å²) in [4.78, 5) is 27.4. The number of aromatic amines is 1. The van der Waals surface area contributed by atoms with Gasteiger partial charge in [0.25, 0.3) is 11.8 Å². The second kappa shape index (κ2) is 9.41. The Morgan fingerprint density at radius 2 is 1.76 bits per heavy atom. The SMILES string of the molecule is C=CCNC(=O)c1cc2cc(C(=O)NC(c3cccc(C(F)(F)F)c3)C(F)(F)F)[nH]c2cc1Cl. The molecule has 0 aliphatic rings. The van der Waals surface area contributed by atoms with Crippen LogP contribution in [0.15, 0.2) is 55.1 Å². The van der Waals surface area contributed by atoms with Gasteiger partial charge < -0.3 is 15.6 Å². The third kappa shape index (κ3) is 5.53. The first-order valence-electron chi connectivity index (χ1n) is 9.57.